The lowest BCUT2D eigenvalue weighted by molar-refractivity contribution is 0.615. The summed E-state index contributed by atoms with van der Waals surface area (Å²) in [6.07, 6.45) is 8.49. The summed E-state index contributed by atoms with van der Waals surface area (Å²) in [5.74, 6) is 0. The molecule has 1 heterocycles. The fourth-order valence-electron chi connectivity index (χ4n) is 1.52. The van der Waals surface area contributed by atoms with E-state index in [0.717, 1.165) is 10.7 Å². The Morgan fingerprint density at radius 2 is 2.27 bits per heavy atom. The lowest BCUT2D eigenvalue weighted by Crippen LogP contribution is -2.15. The highest BCUT2D eigenvalue weighted by Crippen LogP contribution is 2.20. The molecule has 0 saturated heterocycles. The molecule has 1 aromatic rings. The van der Waals surface area contributed by atoms with Crippen LogP contribution in [0.2, 0.25) is 5.02 Å². The number of hydrogen-bond donors (Lipinski definition) is 1. The van der Waals surface area contributed by atoms with E-state index in [-0.39, 0.29) is 0 Å². The fraction of sp³-hybridized carbons (Fsp3) is 0.583. The van der Waals surface area contributed by atoms with E-state index < -0.39 is 0 Å². The summed E-state index contributed by atoms with van der Waals surface area (Å²) in [5, 5.41) is 4.12. The smallest absolute Gasteiger partial charge is 0.0718 e. The predicted octanol–water partition coefficient (Wildman–Crippen LogP) is 4.12. The third-order valence-corrected chi connectivity index (χ3v) is 2.74. The largest absolute Gasteiger partial charge is 0.380 e. The molecule has 0 bridgehead atoms. The lowest BCUT2D eigenvalue weighted by atomic mass is 10.1. The highest BCUT2D eigenvalue weighted by molar-refractivity contribution is 6.33. The van der Waals surface area contributed by atoms with Crippen molar-refractivity contribution >= 4 is 17.3 Å². The topological polar surface area (TPSA) is 24.9 Å². The summed E-state index contributed by atoms with van der Waals surface area (Å²) in [7, 11) is 0. The van der Waals surface area contributed by atoms with Crippen LogP contribution in [0.15, 0.2) is 18.5 Å². The number of halogens is 1. The van der Waals surface area contributed by atoms with Gasteiger partial charge in [-0.15, -0.1) is 0 Å². The first-order chi connectivity index (χ1) is 7.24. The predicted molar refractivity (Wildman–Crippen MR) is 66.5 cm³/mol. The Morgan fingerprint density at radius 3 is 2.93 bits per heavy atom. The van der Waals surface area contributed by atoms with Crippen LogP contribution in [0.3, 0.4) is 0 Å². The van der Waals surface area contributed by atoms with Gasteiger partial charge in [0.15, 0.2) is 0 Å². The van der Waals surface area contributed by atoms with E-state index >= 15 is 0 Å². The molecule has 2 nitrogen and oxygen atoms in total. The average Bonchev–Trinajstić information content (AvgIpc) is 2.22. The molecule has 3 heteroatoms. The molecule has 1 atom stereocenters. The van der Waals surface area contributed by atoms with Crippen molar-refractivity contribution in [2.75, 3.05) is 5.32 Å². The minimum absolute atomic E-state index is 0.457. The molecule has 0 aromatic carbocycles. The van der Waals surface area contributed by atoms with Crippen LogP contribution in [0.5, 0.6) is 0 Å². The van der Waals surface area contributed by atoms with Gasteiger partial charge in [0.05, 0.1) is 16.9 Å². The molecule has 1 unspecified atom stereocenters. The number of anilines is 1. The van der Waals surface area contributed by atoms with Crippen molar-refractivity contribution in [3.05, 3.63) is 23.5 Å². The molecular formula is C12H19ClN2. The average molecular weight is 227 g/mol. The zero-order chi connectivity index (χ0) is 11.1. The summed E-state index contributed by atoms with van der Waals surface area (Å²) >= 11 is 6.03. The first-order valence-corrected chi connectivity index (χ1v) is 5.98. The summed E-state index contributed by atoms with van der Waals surface area (Å²) in [4.78, 5) is 4.05. The van der Waals surface area contributed by atoms with Gasteiger partial charge in [-0.3, -0.25) is 4.98 Å². The summed E-state index contributed by atoms with van der Waals surface area (Å²) in [6, 6.07) is 2.26. The maximum atomic E-state index is 6.03. The van der Waals surface area contributed by atoms with Crippen LogP contribution in [-0.4, -0.2) is 11.0 Å². The molecule has 0 radical (unpaired) electrons. The van der Waals surface area contributed by atoms with Crippen molar-refractivity contribution in [3.8, 4) is 0 Å². The van der Waals surface area contributed by atoms with Crippen molar-refractivity contribution in [2.24, 2.45) is 0 Å². The van der Waals surface area contributed by atoms with E-state index in [1.807, 2.05) is 6.07 Å². The molecule has 1 N–H and O–H groups in total. The second-order valence-electron chi connectivity index (χ2n) is 3.90. The quantitative estimate of drug-likeness (QED) is 0.739. The Morgan fingerprint density at radius 1 is 1.47 bits per heavy atom. The maximum Gasteiger partial charge on any atom is 0.0718 e. The first-order valence-electron chi connectivity index (χ1n) is 5.60. The van der Waals surface area contributed by atoms with Gasteiger partial charge in [-0.2, -0.15) is 0 Å². The molecule has 15 heavy (non-hydrogen) atoms. The standard InChI is InChI=1S/C12H19ClN2/c1-3-4-5-6-10(2)15-12-9-14-8-7-11(12)13/h7-10,15H,3-6H2,1-2H3. The Bertz CT molecular complexity index is 289. The van der Waals surface area contributed by atoms with Gasteiger partial charge in [0.25, 0.3) is 0 Å². The molecule has 0 aliphatic rings. The molecule has 0 aliphatic carbocycles. The first kappa shape index (κ1) is 12.3. The Balaban J connectivity index is 2.37. The zero-order valence-electron chi connectivity index (χ0n) is 9.46. The van der Waals surface area contributed by atoms with Crippen LogP contribution in [0, 0.1) is 0 Å². The van der Waals surface area contributed by atoms with Gasteiger partial charge >= 0.3 is 0 Å². The summed E-state index contributed by atoms with van der Waals surface area (Å²) in [6.45, 7) is 4.40. The van der Waals surface area contributed by atoms with Gasteiger partial charge in [0.2, 0.25) is 0 Å². The normalized spacial score (nSPS) is 12.5. The fourth-order valence-corrected chi connectivity index (χ4v) is 1.68. The van der Waals surface area contributed by atoms with Gasteiger partial charge in [0.1, 0.15) is 0 Å². The number of pyridine rings is 1. The lowest BCUT2D eigenvalue weighted by Gasteiger charge is -2.15. The second kappa shape index (κ2) is 6.67. The van der Waals surface area contributed by atoms with Crippen LogP contribution in [0.4, 0.5) is 5.69 Å². The Hall–Kier alpha value is -0.760. The number of nitrogens with zero attached hydrogens (tertiary/aromatic N) is 1. The van der Waals surface area contributed by atoms with Gasteiger partial charge < -0.3 is 5.32 Å². The molecule has 0 aliphatic heterocycles. The van der Waals surface area contributed by atoms with Gasteiger partial charge in [-0.05, 0) is 19.4 Å². The molecule has 0 saturated carbocycles. The Kier molecular flexibility index (Phi) is 5.48. The molecule has 0 amide bonds. The van der Waals surface area contributed by atoms with Gasteiger partial charge in [-0.1, -0.05) is 37.8 Å². The molecule has 84 valence electrons. The minimum Gasteiger partial charge on any atom is -0.380 e. The number of unbranched alkanes of at least 4 members (excludes halogenated alkanes) is 2. The van der Waals surface area contributed by atoms with Crippen molar-refractivity contribution in [1.29, 1.82) is 0 Å². The summed E-state index contributed by atoms with van der Waals surface area (Å²) < 4.78 is 0. The van der Waals surface area contributed by atoms with Crippen LogP contribution in [0.25, 0.3) is 0 Å². The Labute approximate surface area is 97.1 Å². The van der Waals surface area contributed by atoms with Crippen molar-refractivity contribution in [3.63, 3.8) is 0 Å². The molecule has 0 fully saturated rings. The number of rotatable bonds is 6. The SMILES string of the molecule is CCCCCC(C)Nc1cnccc1Cl. The van der Waals surface area contributed by atoms with Crippen molar-refractivity contribution < 1.29 is 0 Å². The molecular weight excluding hydrogens is 208 g/mol. The molecule has 1 rings (SSSR count). The van der Waals surface area contributed by atoms with E-state index in [0.29, 0.717) is 6.04 Å². The minimum atomic E-state index is 0.457. The summed E-state index contributed by atoms with van der Waals surface area (Å²) in [5.41, 5.74) is 0.933. The number of nitrogens with one attached hydrogen (secondary N) is 1. The van der Waals surface area contributed by atoms with Crippen LogP contribution >= 0.6 is 11.6 Å². The molecule has 0 spiro atoms. The van der Waals surface area contributed by atoms with E-state index in [2.05, 4.69) is 24.1 Å². The van der Waals surface area contributed by atoms with Gasteiger partial charge in [0, 0.05) is 12.2 Å². The van der Waals surface area contributed by atoms with E-state index in [1.165, 1.54) is 25.7 Å². The highest BCUT2D eigenvalue weighted by atomic mass is 35.5. The van der Waals surface area contributed by atoms with E-state index in [1.54, 1.807) is 12.4 Å². The second-order valence-corrected chi connectivity index (χ2v) is 4.30. The van der Waals surface area contributed by atoms with E-state index in [9.17, 15) is 0 Å². The van der Waals surface area contributed by atoms with Crippen molar-refractivity contribution in [1.82, 2.24) is 4.98 Å². The van der Waals surface area contributed by atoms with Crippen LogP contribution in [0.1, 0.15) is 39.5 Å². The number of aromatic nitrogens is 1. The number of hydrogen-bond acceptors (Lipinski definition) is 2. The van der Waals surface area contributed by atoms with Crippen LogP contribution in [-0.2, 0) is 0 Å². The zero-order valence-corrected chi connectivity index (χ0v) is 10.2. The third-order valence-electron chi connectivity index (χ3n) is 2.41. The third kappa shape index (κ3) is 4.52. The highest BCUT2D eigenvalue weighted by Gasteiger charge is 2.04. The monoisotopic (exact) mass is 226 g/mol. The van der Waals surface area contributed by atoms with E-state index in [4.69, 9.17) is 11.6 Å². The van der Waals surface area contributed by atoms with Crippen LogP contribution < -0.4 is 5.32 Å². The maximum absolute atomic E-state index is 6.03. The van der Waals surface area contributed by atoms with Gasteiger partial charge in [-0.25, -0.2) is 0 Å². The molecule has 1 aromatic heterocycles. The van der Waals surface area contributed by atoms with Crippen molar-refractivity contribution in [2.45, 2.75) is 45.6 Å².